The van der Waals surface area contributed by atoms with Crippen molar-refractivity contribution in [3.63, 3.8) is 0 Å². The van der Waals surface area contributed by atoms with Crippen LogP contribution in [0.2, 0.25) is 0 Å². The topological polar surface area (TPSA) is 563 Å². The molecule has 0 amide bonds. The molecule has 600 valence electrons. The number of aliphatic hydroxyl groups is 21. The number of aliphatic hydroxyl groups excluding tert-OH is 20. The maximum absolute atomic E-state index is 12.3. The second-order valence-corrected chi connectivity index (χ2v) is 31.8. The lowest BCUT2D eigenvalue weighted by Gasteiger charge is -2.58. The van der Waals surface area contributed by atoms with E-state index in [1.54, 1.807) is 0 Å². The van der Waals surface area contributed by atoms with E-state index in [4.69, 9.17) is 71.1 Å². The highest BCUT2D eigenvalue weighted by Gasteiger charge is 2.69. The van der Waals surface area contributed by atoms with Gasteiger partial charge in [0, 0.05) is 12.3 Å². The molecule has 104 heavy (non-hydrogen) atoms. The van der Waals surface area contributed by atoms with Crippen LogP contribution in [0.3, 0.4) is 0 Å². The van der Waals surface area contributed by atoms with Gasteiger partial charge in [-0.1, -0.05) is 39.3 Å². The van der Waals surface area contributed by atoms with Crippen molar-refractivity contribution in [2.75, 3.05) is 39.6 Å². The van der Waals surface area contributed by atoms with E-state index in [9.17, 15) is 107 Å². The van der Waals surface area contributed by atoms with Crippen LogP contribution in [0.15, 0.2) is 11.6 Å². The summed E-state index contributed by atoms with van der Waals surface area (Å²) in [5.74, 6) is -0.608. The van der Waals surface area contributed by atoms with Crippen molar-refractivity contribution in [2.24, 2.45) is 46.3 Å². The molecular formula is C68H112O36. The molecule has 3 saturated carbocycles. The highest BCUT2D eigenvalue weighted by atomic mass is 16.8. The van der Waals surface area contributed by atoms with Gasteiger partial charge in [-0.2, -0.15) is 0 Å². The van der Waals surface area contributed by atoms with Crippen LogP contribution >= 0.6 is 0 Å². The molecule has 8 heterocycles. The van der Waals surface area contributed by atoms with Crippen LogP contribution < -0.4 is 0 Å². The molecule has 0 aromatic carbocycles. The molecule has 8 saturated heterocycles. The molecule has 8 aliphatic heterocycles. The average Bonchev–Trinajstić information content (AvgIpc) is 1.62. The van der Waals surface area contributed by atoms with Gasteiger partial charge in [-0.25, -0.2) is 0 Å². The molecule has 45 atom stereocenters. The summed E-state index contributed by atoms with van der Waals surface area (Å²) in [6.45, 7) is 7.48. The number of fused-ring (bicyclic) bond motifs is 7. The Morgan fingerprint density at radius 3 is 1.65 bits per heavy atom. The maximum Gasteiger partial charge on any atom is 0.187 e. The average molecular weight is 1510 g/mol. The molecule has 0 radical (unpaired) electrons. The minimum absolute atomic E-state index is 0.101. The zero-order chi connectivity index (χ0) is 75.2. The smallest absolute Gasteiger partial charge is 0.187 e. The molecule has 7 unspecified atom stereocenters. The van der Waals surface area contributed by atoms with Gasteiger partial charge in [-0.05, 0) is 106 Å². The minimum Gasteiger partial charge on any atom is -0.394 e. The van der Waals surface area contributed by atoms with Gasteiger partial charge < -0.3 is 178 Å². The van der Waals surface area contributed by atoms with Gasteiger partial charge in [-0.15, -0.1) is 0 Å². The second-order valence-electron chi connectivity index (χ2n) is 31.8. The van der Waals surface area contributed by atoms with Gasteiger partial charge >= 0.3 is 0 Å². The van der Waals surface area contributed by atoms with Crippen molar-refractivity contribution >= 4 is 0 Å². The first-order chi connectivity index (χ1) is 49.2. The molecule has 0 aromatic rings. The lowest BCUT2D eigenvalue weighted by molar-refractivity contribution is -0.409. The van der Waals surface area contributed by atoms with E-state index in [-0.39, 0.29) is 41.3 Å². The Balaban J connectivity index is 0.681. The Kier molecular flexibility index (Phi) is 25.8. The first-order valence-electron chi connectivity index (χ1n) is 36.7. The Bertz CT molecular complexity index is 2820. The van der Waals surface area contributed by atoms with Gasteiger partial charge in [0.1, 0.15) is 153 Å². The molecular weight excluding hydrogens is 1390 g/mol. The highest BCUT2D eigenvalue weighted by Crippen LogP contribution is 2.70. The highest BCUT2D eigenvalue weighted by molar-refractivity contribution is 5.27. The lowest BCUT2D eigenvalue weighted by Crippen LogP contribution is -2.69. The van der Waals surface area contributed by atoms with E-state index in [0.29, 0.717) is 43.4 Å². The van der Waals surface area contributed by atoms with E-state index in [1.807, 2.05) is 6.92 Å². The van der Waals surface area contributed by atoms with Gasteiger partial charge in [0.25, 0.3) is 0 Å². The van der Waals surface area contributed by atoms with Crippen LogP contribution in [0.1, 0.15) is 99.3 Å². The van der Waals surface area contributed by atoms with E-state index >= 15 is 0 Å². The molecule has 36 heteroatoms. The molecule has 0 bridgehead atoms. The molecule has 36 nitrogen and oxygen atoms in total. The third kappa shape index (κ3) is 15.3. The van der Waals surface area contributed by atoms with Crippen LogP contribution in [0.5, 0.6) is 0 Å². The second kappa shape index (κ2) is 32.8. The van der Waals surface area contributed by atoms with Gasteiger partial charge in [0.2, 0.25) is 0 Å². The predicted molar refractivity (Wildman–Crippen MR) is 341 cm³/mol. The summed E-state index contributed by atoms with van der Waals surface area (Å²) in [6, 6.07) is 0. The van der Waals surface area contributed by atoms with Gasteiger partial charge in [-0.3, -0.25) is 0 Å². The number of rotatable bonds is 22. The molecule has 12 aliphatic rings. The maximum atomic E-state index is 12.3. The SMILES string of the molecule is CC(CC[C@@]1(O)OC2CC3C4CC=C5C[C@@H](O[C@@H]6O[C@H](CO)[C@H](O[C@@H]7O[C@H](CO)[C@@H](O)[C@H](O)[C@H]7O[C@H]7O[C@H](CO)[C@@H](O[C@@H]8O[C@@H](C)[C@H](O[C@@H]9O[C@@H](C)[C@H](O)[C@@H](O)[C@H]9O)[C@@H](O)[C@H]8O)[C@H](O[C@H]8OC[C@H](O)[C@@H](O)[C@@H]8O)[C@H]7O)[C@H](O)[C@H]6O)CC[C@]5(C)C4CC[C@]3(C)C2C1C)CO[C@@H]1O[C@H](CO)[C@@H](O)[C@H](O)[C@H]1O. The van der Waals surface area contributed by atoms with Gasteiger partial charge in [0.05, 0.1) is 64.1 Å². The normalized spacial score (nSPS) is 55.2. The Hall–Kier alpha value is -1.70. The lowest BCUT2D eigenvalue weighted by atomic mass is 9.47. The van der Waals surface area contributed by atoms with E-state index in [1.165, 1.54) is 19.4 Å². The third-order valence-electron chi connectivity index (χ3n) is 25.4. The zero-order valence-electron chi connectivity index (χ0n) is 58.9. The Morgan fingerprint density at radius 2 is 0.990 bits per heavy atom. The summed E-state index contributed by atoms with van der Waals surface area (Å²) in [7, 11) is 0. The van der Waals surface area contributed by atoms with Crippen molar-refractivity contribution in [2.45, 2.75) is 326 Å². The predicted octanol–water partition coefficient (Wildman–Crippen LogP) is -7.87. The fraction of sp³-hybridized carbons (Fsp3) is 0.971. The Labute approximate surface area is 600 Å². The van der Waals surface area contributed by atoms with Crippen LogP contribution in [0.25, 0.3) is 0 Å². The first-order valence-corrected chi connectivity index (χ1v) is 36.7. The standard InChI is InChI=1S/C68H112O36/c1-23(21-90-59-49(84)44(79)41(76)34(17-69)95-59)9-14-68(89)24(2)38-33(104-68)16-31-29-8-7-27-15-28(10-12-66(27,5)30(29)11-13-67(31,38)6)94-63-52(87)47(82)55(36(19-71)97-63)100-65-58(45(80)42(77)35(18-70)96-65)103-64-53(88)57(102-60-48(83)40(75)32(73)22-91-60)56(37(20-72)98-64)101-62-51(86)46(81)54(26(4)93-62)99-61-50(85)43(78)39(74)25(3)92-61/h7,23-26,28-65,69-89H,8-22H2,1-6H3/t23?,24?,25-,26-,28-,29?,30?,31?,32-,33?,34+,35+,36+,37+,38?,39-,40+,41+,42+,43+,44-,45-,46-,47+,48-,49+,50+,51+,52+,53+,54-,55-,56+,57+,58+,59+,60+,61-,62-,63+,64+,65-,66-,67-,68+/m0/s1. The van der Waals surface area contributed by atoms with E-state index in [2.05, 4.69) is 26.8 Å². The van der Waals surface area contributed by atoms with Crippen LogP contribution in [-0.4, -0.2) is 374 Å². The molecule has 0 spiro atoms. The fourth-order valence-electron chi connectivity index (χ4n) is 19.1. The molecule has 0 aromatic heterocycles. The Morgan fingerprint density at radius 1 is 0.481 bits per heavy atom. The summed E-state index contributed by atoms with van der Waals surface area (Å²) in [5.41, 5.74) is 0.874. The van der Waals surface area contributed by atoms with Crippen LogP contribution in [0.4, 0.5) is 0 Å². The van der Waals surface area contributed by atoms with E-state index < -0.39 is 254 Å². The monoisotopic (exact) mass is 1500 g/mol. The van der Waals surface area contributed by atoms with E-state index in [0.717, 1.165) is 32.1 Å². The van der Waals surface area contributed by atoms with Crippen LogP contribution in [-0.2, 0) is 71.1 Å². The third-order valence-corrected chi connectivity index (χ3v) is 25.4. The number of hydrogen-bond acceptors (Lipinski definition) is 36. The summed E-state index contributed by atoms with van der Waals surface area (Å²) in [5, 5.41) is 230. The van der Waals surface area contributed by atoms with Crippen molar-refractivity contribution in [1.29, 1.82) is 0 Å². The fourth-order valence-corrected chi connectivity index (χ4v) is 19.1. The van der Waals surface area contributed by atoms with Crippen molar-refractivity contribution in [3.8, 4) is 0 Å². The van der Waals surface area contributed by atoms with Crippen molar-refractivity contribution in [3.05, 3.63) is 11.6 Å². The first kappa shape index (κ1) is 81.8. The largest absolute Gasteiger partial charge is 0.394 e. The molecule has 11 fully saturated rings. The summed E-state index contributed by atoms with van der Waals surface area (Å²) in [4.78, 5) is 0. The van der Waals surface area contributed by atoms with Crippen molar-refractivity contribution in [1.82, 2.24) is 0 Å². The zero-order valence-corrected chi connectivity index (χ0v) is 58.9. The summed E-state index contributed by atoms with van der Waals surface area (Å²) < 4.78 is 90.0. The summed E-state index contributed by atoms with van der Waals surface area (Å²) in [6.07, 6.45) is -51.5. The van der Waals surface area contributed by atoms with Crippen LogP contribution in [0, 0.1) is 46.3 Å². The molecule has 21 N–H and O–H groups in total. The number of allylic oxidation sites excluding steroid dienone is 1. The number of hydrogen-bond donors (Lipinski definition) is 21. The summed E-state index contributed by atoms with van der Waals surface area (Å²) >= 11 is 0. The molecule has 12 rings (SSSR count). The molecule has 4 aliphatic carbocycles. The minimum atomic E-state index is -2.25. The van der Waals surface area contributed by atoms with Crippen molar-refractivity contribution < 1.29 is 178 Å². The quantitative estimate of drug-likeness (QED) is 0.0448. The van der Waals surface area contributed by atoms with Gasteiger partial charge in [0.15, 0.2) is 49.8 Å². The number of ether oxygens (including phenoxy) is 15.